The van der Waals surface area contributed by atoms with E-state index < -0.39 is 0 Å². The van der Waals surface area contributed by atoms with Crippen LogP contribution in [0.25, 0.3) is 0 Å². The van der Waals surface area contributed by atoms with Gasteiger partial charge in [-0.3, -0.25) is 9.78 Å². The first-order valence-corrected chi connectivity index (χ1v) is 13.3. The molecule has 1 fully saturated rings. The van der Waals surface area contributed by atoms with E-state index in [-0.39, 0.29) is 12.0 Å². The maximum absolute atomic E-state index is 12.7. The lowest BCUT2D eigenvalue weighted by Gasteiger charge is -2.33. The number of nitrogens with zero attached hydrogens (tertiary/aromatic N) is 3. The number of hydrogen-bond donors (Lipinski definition) is 2. The summed E-state index contributed by atoms with van der Waals surface area (Å²) in [6.07, 6.45) is 7.32. The van der Waals surface area contributed by atoms with Crippen LogP contribution in [0.4, 0.5) is 17.3 Å². The number of rotatable bonds is 12. The first kappa shape index (κ1) is 27.0. The first-order valence-electron chi connectivity index (χ1n) is 13.3. The molecule has 1 aliphatic heterocycles. The van der Waals surface area contributed by atoms with Crippen LogP contribution in [-0.4, -0.2) is 48.2 Å². The molecule has 1 aromatic heterocycles. The molecule has 0 bridgehead atoms. The van der Waals surface area contributed by atoms with Crippen LogP contribution >= 0.6 is 0 Å². The van der Waals surface area contributed by atoms with Crippen molar-refractivity contribution >= 4 is 23.2 Å². The van der Waals surface area contributed by atoms with Crippen LogP contribution in [0, 0.1) is 0 Å². The van der Waals surface area contributed by atoms with Gasteiger partial charge in [-0.15, -0.1) is 0 Å². The van der Waals surface area contributed by atoms with Crippen LogP contribution in [0.2, 0.25) is 0 Å². The Morgan fingerprint density at radius 2 is 1.89 bits per heavy atom. The molecule has 2 N–H and O–H groups in total. The second kappa shape index (κ2) is 13.5. The fourth-order valence-electron chi connectivity index (χ4n) is 4.38. The molecule has 8 nitrogen and oxygen atoms in total. The minimum atomic E-state index is -0.293. The number of aryl methyl sites for hydroxylation is 1. The molecule has 8 heteroatoms. The molecule has 1 amide bonds. The van der Waals surface area contributed by atoms with Gasteiger partial charge in [0.25, 0.3) is 5.91 Å². The predicted molar refractivity (Wildman–Crippen MR) is 152 cm³/mol. The van der Waals surface area contributed by atoms with Crippen molar-refractivity contribution in [2.45, 2.75) is 45.6 Å². The van der Waals surface area contributed by atoms with Crippen LogP contribution in [0.3, 0.4) is 0 Å². The highest BCUT2D eigenvalue weighted by atomic mass is 16.5. The Morgan fingerprint density at radius 3 is 2.66 bits per heavy atom. The molecule has 2 aromatic carbocycles. The molecular weight excluding hydrogens is 478 g/mol. The van der Waals surface area contributed by atoms with Crippen molar-refractivity contribution in [3.8, 4) is 11.5 Å². The van der Waals surface area contributed by atoms with E-state index in [4.69, 9.17) is 9.47 Å². The van der Waals surface area contributed by atoms with Crippen LogP contribution in [0.1, 0.15) is 38.7 Å². The number of anilines is 3. The molecule has 1 saturated heterocycles. The molecule has 200 valence electrons. The molecule has 1 atom stereocenters. The second-order valence-electron chi connectivity index (χ2n) is 9.33. The summed E-state index contributed by atoms with van der Waals surface area (Å²) >= 11 is 0. The second-order valence-corrected chi connectivity index (χ2v) is 9.33. The van der Waals surface area contributed by atoms with Gasteiger partial charge in [-0.05, 0) is 56.0 Å². The molecule has 0 aliphatic carbocycles. The number of amides is 1. The Balaban J connectivity index is 1.31. The summed E-state index contributed by atoms with van der Waals surface area (Å²) < 4.78 is 12.0. The first-order chi connectivity index (χ1) is 18.6. The Bertz CT molecular complexity index is 1210. The Morgan fingerprint density at radius 1 is 1.11 bits per heavy atom. The standard InChI is InChI=1S/C30H37N5O3/c1-4-9-23-13-15-24(16-14-23)32-18-22(3)30(36)34-28-19-31-20-29(33-28)35-17-8-10-25(21-35)38-27-12-7-6-11-26(27)37-5-2/h6-7,11-16,19-20,25,32H,3-5,8-10,17-18,21H2,1-2H3,(H,33,34,36). The van der Waals surface area contributed by atoms with E-state index in [1.54, 1.807) is 12.4 Å². The number of hydrogen-bond acceptors (Lipinski definition) is 7. The van der Waals surface area contributed by atoms with E-state index in [2.05, 4.69) is 51.1 Å². The van der Waals surface area contributed by atoms with Gasteiger partial charge in [-0.1, -0.05) is 44.2 Å². The van der Waals surface area contributed by atoms with Gasteiger partial charge in [0.15, 0.2) is 17.3 Å². The third kappa shape index (κ3) is 7.47. The Hall–Kier alpha value is -4.07. The highest BCUT2D eigenvalue weighted by Gasteiger charge is 2.24. The van der Waals surface area contributed by atoms with Crippen molar-refractivity contribution in [3.63, 3.8) is 0 Å². The van der Waals surface area contributed by atoms with Crippen LogP contribution in [0.5, 0.6) is 11.5 Å². The summed E-state index contributed by atoms with van der Waals surface area (Å²) in [4.78, 5) is 23.8. The Labute approximate surface area is 225 Å². The minimum Gasteiger partial charge on any atom is -0.490 e. The molecular formula is C30H37N5O3. The van der Waals surface area contributed by atoms with Crippen molar-refractivity contribution in [2.24, 2.45) is 0 Å². The average molecular weight is 516 g/mol. The summed E-state index contributed by atoms with van der Waals surface area (Å²) in [5.41, 5.74) is 2.66. The highest BCUT2D eigenvalue weighted by Crippen LogP contribution is 2.30. The largest absolute Gasteiger partial charge is 0.490 e. The molecule has 38 heavy (non-hydrogen) atoms. The predicted octanol–water partition coefficient (Wildman–Crippen LogP) is 5.48. The molecule has 1 aliphatic rings. The lowest BCUT2D eigenvalue weighted by atomic mass is 10.1. The van der Waals surface area contributed by atoms with Crippen molar-refractivity contribution in [3.05, 3.63) is 78.6 Å². The maximum Gasteiger partial charge on any atom is 0.253 e. The molecule has 0 radical (unpaired) electrons. The topological polar surface area (TPSA) is 88.6 Å². The monoisotopic (exact) mass is 515 g/mol. The van der Waals surface area contributed by atoms with E-state index >= 15 is 0 Å². The van der Waals surface area contributed by atoms with E-state index in [9.17, 15) is 4.79 Å². The van der Waals surface area contributed by atoms with Gasteiger partial charge >= 0.3 is 0 Å². The fraction of sp³-hybridized carbons (Fsp3) is 0.367. The lowest BCUT2D eigenvalue weighted by molar-refractivity contribution is -0.112. The number of piperidine rings is 1. The average Bonchev–Trinajstić information content (AvgIpc) is 2.94. The van der Waals surface area contributed by atoms with Gasteiger partial charge in [0.05, 0.1) is 25.5 Å². The van der Waals surface area contributed by atoms with Gasteiger partial charge in [0.2, 0.25) is 0 Å². The Kier molecular flexibility index (Phi) is 9.56. The number of ether oxygens (including phenoxy) is 2. The van der Waals surface area contributed by atoms with Gasteiger partial charge in [-0.2, -0.15) is 0 Å². The third-order valence-electron chi connectivity index (χ3n) is 6.33. The summed E-state index contributed by atoms with van der Waals surface area (Å²) in [7, 11) is 0. The number of carbonyl (C=O) groups excluding carboxylic acids is 1. The molecule has 0 spiro atoms. The van der Waals surface area contributed by atoms with Crippen molar-refractivity contribution in [2.75, 3.05) is 41.8 Å². The molecule has 2 heterocycles. The van der Waals surface area contributed by atoms with Gasteiger partial charge < -0.3 is 25.0 Å². The van der Waals surface area contributed by atoms with E-state index in [0.29, 0.717) is 36.9 Å². The van der Waals surface area contributed by atoms with Crippen molar-refractivity contribution in [1.82, 2.24) is 9.97 Å². The minimum absolute atomic E-state index is 0.00714. The number of benzene rings is 2. The molecule has 0 saturated carbocycles. The van der Waals surface area contributed by atoms with Crippen LogP contribution < -0.4 is 25.0 Å². The van der Waals surface area contributed by atoms with Gasteiger partial charge in [0, 0.05) is 24.4 Å². The van der Waals surface area contributed by atoms with E-state index in [0.717, 1.165) is 49.4 Å². The molecule has 3 aromatic rings. The lowest BCUT2D eigenvalue weighted by Crippen LogP contribution is -2.41. The number of para-hydroxylation sites is 2. The van der Waals surface area contributed by atoms with Crippen LogP contribution in [-0.2, 0) is 11.2 Å². The van der Waals surface area contributed by atoms with Crippen molar-refractivity contribution in [1.29, 1.82) is 0 Å². The van der Waals surface area contributed by atoms with Crippen molar-refractivity contribution < 1.29 is 14.3 Å². The smallest absolute Gasteiger partial charge is 0.253 e. The highest BCUT2D eigenvalue weighted by molar-refractivity contribution is 6.03. The summed E-state index contributed by atoms with van der Waals surface area (Å²) in [5.74, 6) is 2.29. The number of aromatic nitrogens is 2. The van der Waals surface area contributed by atoms with E-state index in [1.165, 1.54) is 5.56 Å². The fourth-order valence-corrected chi connectivity index (χ4v) is 4.38. The summed E-state index contributed by atoms with van der Waals surface area (Å²) in [5, 5.41) is 6.08. The zero-order valence-corrected chi connectivity index (χ0v) is 22.3. The van der Waals surface area contributed by atoms with E-state index in [1.807, 2.05) is 43.3 Å². The van der Waals surface area contributed by atoms with Gasteiger partial charge in [0.1, 0.15) is 11.9 Å². The van der Waals surface area contributed by atoms with Crippen LogP contribution in [0.15, 0.2) is 73.1 Å². The summed E-state index contributed by atoms with van der Waals surface area (Å²) in [6, 6.07) is 16.0. The molecule has 1 unspecified atom stereocenters. The maximum atomic E-state index is 12.7. The SMILES string of the molecule is C=C(CNc1ccc(CCC)cc1)C(=O)Nc1cncc(N2CCCC(Oc3ccccc3OCC)C2)n1. The van der Waals surface area contributed by atoms with Gasteiger partial charge in [-0.25, -0.2) is 4.98 Å². The normalized spacial score (nSPS) is 15.0. The third-order valence-corrected chi connectivity index (χ3v) is 6.33. The quantitative estimate of drug-likeness (QED) is 0.309. The number of carbonyl (C=O) groups is 1. The molecule has 4 rings (SSSR count). The zero-order chi connectivity index (χ0) is 26.7. The number of nitrogens with one attached hydrogen (secondary N) is 2. The summed E-state index contributed by atoms with van der Waals surface area (Å²) in [6.45, 7) is 10.5. The zero-order valence-electron chi connectivity index (χ0n) is 22.3.